The summed E-state index contributed by atoms with van der Waals surface area (Å²) in [5, 5.41) is 0.496. The molecule has 2 heterocycles. The van der Waals surface area contributed by atoms with Crippen LogP contribution in [0.2, 0.25) is 0 Å². The van der Waals surface area contributed by atoms with Crippen LogP contribution in [0.5, 0.6) is 0 Å². The molecule has 0 amide bonds. The Morgan fingerprint density at radius 1 is 1.00 bits per heavy atom. The summed E-state index contributed by atoms with van der Waals surface area (Å²) in [7, 11) is -3.46. The Bertz CT molecular complexity index is 1180. The lowest BCUT2D eigenvalue weighted by atomic mass is 10.0. The standard InChI is InChI=1S/C21H21N3O3S/c25-21-19-8-4-5-9-20(19)22-16-23(21)14-15-28(26,27)24-12-10-18(11-13-24)17-6-2-1-3-7-17/h1-10,16H,11-15H2. The van der Waals surface area contributed by atoms with Gasteiger partial charge in [0.2, 0.25) is 10.0 Å². The van der Waals surface area contributed by atoms with Crippen LogP contribution in [0.15, 0.2) is 71.8 Å². The van der Waals surface area contributed by atoms with Crippen LogP contribution in [-0.2, 0) is 16.6 Å². The second-order valence-corrected chi connectivity index (χ2v) is 8.87. The second kappa shape index (κ2) is 7.69. The van der Waals surface area contributed by atoms with Crippen molar-refractivity contribution in [1.29, 1.82) is 0 Å². The molecule has 0 saturated carbocycles. The molecule has 0 aliphatic carbocycles. The fraction of sp³-hybridized carbons (Fsp3) is 0.238. The van der Waals surface area contributed by atoms with Crippen LogP contribution in [0.1, 0.15) is 12.0 Å². The normalized spacial score (nSPS) is 15.5. The smallest absolute Gasteiger partial charge is 0.261 e. The number of fused-ring (bicyclic) bond motifs is 1. The molecule has 6 nitrogen and oxygen atoms in total. The minimum Gasteiger partial charge on any atom is -0.298 e. The van der Waals surface area contributed by atoms with E-state index in [0.717, 1.165) is 5.56 Å². The van der Waals surface area contributed by atoms with Gasteiger partial charge in [-0.2, -0.15) is 4.31 Å². The van der Waals surface area contributed by atoms with Crippen LogP contribution in [0, 0.1) is 0 Å². The van der Waals surface area contributed by atoms with E-state index in [2.05, 4.69) is 4.98 Å². The number of aromatic nitrogens is 2. The van der Waals surface area contributed by atoms with Gasteiger partial charge >= 0.3 is 0 Å². The van der Waals surface area contributed by atoms with Crippen LogP contribution in [0.3, 0.4) is 0 Å². The number of rotatable bonds is 5. The maximum absolute atomic E-state index is 12.7. The summed E-state index contributed by atoms with van der Waals surface area (Å²) in [6.07, 6.45) is 4.07. The summed E-state index contributed by atoms with van der Waals surface area (Å²) in [5.74, 6) is -0.124. The first-order valence-corrected chi connectivity index (χ1v) is 10.8. The van der Waals surface area contributed by atoms with Crippen molar-refractivity contribution in [3.8, 4) is 0 Å². The molecular formula is C21H21N3O3S. The zero-order valence-electron chi connectivity index (χ0n) is 15.4. The van der Waals surface area contributed by atoms with Crippen LogP contribution >= 0.6 is 0 Å². The van der Waals surface area contributed by atoms with E-state index in [-0.39, 0.29) is 17.9 Å². The fourth-order valence-electron chi connectivity index (χ4n) is 3.43. The van der Waals surface area contributed by atoms with Gasteiger partial charge in [0.15, 0.2) is 0 Å². The molecule has 0 radical (unpaired) electrons. The lowest BCUT2D eigenvalue weighted by Crippen LogP contribution is -2.38. The summed E-state index contributed by atoms with van der Waals surface area (Å²) in [4.78, 5) is 16.8. The number of aryl methyl sites for hydroxylation is 1. The third-order valence-corrected chi connectivity index (χ3v) is 6.85. The highest BCUT2D eigenvalue weighted by molar-refractivity contribution is 7.89. The molecule has 3 aromatic rings. The molecule has 0 bridgehead atoms. The molecule has 0 spiro atoms. The molecule has 0 atom stereocenters. The molecule has 1 aliphatic heterocycles. The van der Waals surface area contributed by atoms with Gasteiger partial charge in [0, 0.05) is 19.6 Å². The zero-order valence-corrected chi connectivity index (χ0v) is 16.2. The van der Waals surface area contributed by atoms with Crippen molar-refractivity contribution in [1.82, 2.24) is 13.9 Å². The predicted octanol–water partition coefficient (Wildman–Crippen LogP) is 2.52. The molecule has 0 saturated heterocycles. The average molecular weight is 395 g/mol. The molecular weight excluding hydrogens is 374 g/mol. The lowest BCUT2D eigenvalue weighted by Gasteiger charge is -2.26. The van der Waals surface area contributed by atoms with E-state index < -0.39 is 10.0 Å². The number of sulfonamides is 1. The van der Waals surface area contributed by atoms with E-state index in [9.17, 15) is 13.2 Å². The molecule has 1 aromatic heterocycles. The van der Waals surface area contributed by atoms with Crippen molar-refractivity contribution >= 4 is 26.5 Å². The minimum absolute atomic E-state index is 0.0881. The molecule has 2 aromatic carbocycles. The first-order valence-electron chi connectivity index (χ1n) is 9.21. The van der Waals surface area contributed by atoms with Crippen molar-refractivity contribution in [2.24, 2.45) is 0 Å². The van der Waals surface area contributed by atoms with E-state index in [0.29, 0.717) is 30.4 Å². The zero-order chi connectivity index (χ0) is 19.6. The van der Waals surface area contributed by atoms with Gasteiger partial charge in [-0.15, -0.1) is 0 Å². The van der Waals surface area contributed by atoms with Gasteiger partial charge < -0.3 is 0 Å². The van der Waals surface area contributed by atoms with E-state index >= 15 is 0 Å². The molecule has 1 aliphatic rings. The Morgan fingerprint density at radius 2 is 1.75 bits per heavy atom. The van der Waals surface area contributed by atoms with Gasteiger partial charge in [-0.1, -0.05) is 48.5 Å². The molecule has 7 heteroatoms. The first-order chi connectivity index (χ1) is 13.5. The SMILES string of the molecule is O=c1c2ccccc2ncn1CCS(=O)(=O)N1CC=C(c2ccccc2)CC1. The molecule has 144 valence electrons. The number of para-hydroxylation sites is 1. The quantitative estimate of drug-likeness (QED) is 0.665. The summed E-state index contributed by atoms with van der Waals surface area (Å²) in [6, 6.07) is 17.1. The van der Waals surface area contributed by atoms with E-state index in [4.69, 9.17) is 0 Å². The van der Waals surface area contributed by atoms with E-state index in [1.54, 1.807) is 18.2 Å². The van der Waals surface area contributed by atoms with Gasteiger partial charge in [0.05, 0.1) is 23.0 Å². The highest BCUT2D eigenvalue weighted by Crippen LogP contribution is 2.23. The maximum Gasteiger partial charge on any atom is 0.261 e. The highest BCUT2D eigenvalue weighted by atomic mass is 32.2. The highest BCUT2D eigenvalue weighted by Gasteiger charge is 2.24. The Hall–Kier alpha value is -2.77. The monoisotopic (exact) mass is 395 g/mol. The second-order valence-electron chi connectivity index (χ2n) is 6.78. The third kappa shape index (κ3) is 3.76. The number of benzene rings is 2. The molecule has 0 unspecified atom stereocenters. The van der Waals surface area contributed by atoms with Gasteiger partial charge in [-0.05, 0) is 29.7 Å². The first kappa shape index (κ1) is 18.6. The Morgan fingerprint density at radius 3 is 2.50 bits per heavy atom. The minimum atomic E-state index is -3.46. The summed E-state index contributed by atoms with van der Waals surface area (Å²) < 4.78 is 28.3. The number of nitrogens with zero attached hydrogens (tertiary/aromatic N) is 3. The lowest BCUT2D eigenvalue weighted by molar-refractivity contribution is 0.438. The number of hydrogen-bond acceptors (Lipinski definition) is 4. The van der Waals surface area contributed by atoms with Gasteiger partial charge in [-0.25, -0.2) is 13.4 Å². The van der Waals surface area contributed by atoms with E-state index in [1.807, 2.05) is 42.5 Å². The topological polar surface area (TPSA) is 72.3 Å². The third-order valence-electron chi connectivity index (χ3n) is 5.03. The van der Waals surface area contributed by atoms with Gasteiger partial charge in [-0.3, -0.25) is 9.36 Å². The van der Waals surface area contributed by atoms with Crippen molar-refractivity contribution in [3.05, 3.63) is 82.9 Å². The Balaban J connectivity index is 1.46. The van der Waals surface area contributed by atoms with Crippen molar-refractivity contribution in [2.45, 2.75) is 13.0 Å². The maximum atomic E-state index is 12.7. The van der Waals surface area contributed by atoms with Crippen molar-refractivity contribution in [2.75, 3.05) is 18.8 Å². The predicted molar refractivity (Wildman–Crippen MR) is 110 cm³/mol. The largest absolute Gasteiger partial charge is 0.298 e. The van der Waals surface area contributed by atoms with E-state index in [1.165, 1.54) is 20.8 Å². The fourth-order valence-corrected chi connectivity index (χ4v) is 4.78. The van der Waals surface area contributed by atoms with Gasteiger partial charge in [0.1, 0.15) is 0 Å². The van der Waals surface area contributed by atoms with Gasteiger partial charge in [0.25, 0.3) is 5.56 Å². The van der Waals surface area contributed by atoms with Crippen LogP contribution in [0.25, 0.3) is 16.5 Å². The molecule has 0 fully saturated rings. The van der Waals surface area contributed by atoms with Crippen LogP contribution in [0.4, 0.5) is 0 Å². The number of hydrogen-bond donors (Lipinski definition) is 0. The summed E-state index contributed by atoms with van der Waals surface area (Å²) in [6.45, 7) is 0.899. The van der Waals surface area contributed by atoms with Crippen molar-refractivity contribution < 1.29 is 8.42 Å². The van der Waals surface area contributed by atoms with Crippen LogP contribution in [-0.4, -0.2) is 41.1 Å². The molecule has 4 rings (SSSR count). The van der Waals surface area contributed by atoms with Crippen molar-refractivity contribution in [3.63, 3.8) is 0 Å². The summed E-state index contributed by atoms with van der Waals surface area (Å²) in [5.41, 5.74) is 2.70. The molecule has 28 heavy (non-hydrogen) atoms. The Kier molecular flexibility index (Phi) is 5.11. The van der Waals surface area contributed by atoms with Crippen LogP contribution < -0.4 is 5.56 Å². The molecule has 0 N–H and O–H groups in total. The summed E-state index contributed by atoms with van der Waals surface area (Å²) >= 11 is 0. The Labute approximate surface area is 163 Å². The average Bonchev–Trinajstić information content (AvgIpc) is 2.74.